The van der Waals surface area contributed by atoms with Crippen LogP contribution < -0.4 is 9.64 Å². The number of hydrogen-bond acceptors (Lipinski definition) is 3. The number of benzene rings is 1. The minimum atomic E-state index is -0.231. The smallest absolute Gasteiger partial charge is 0.324 e. The maximum absolute atomic E-state index is 13.5. The number of amides is 2. The largest absolute Gasteiger partial charge is 0.481 e. The average molecular weight is 382 g/mol. The Morgan fingerprint density at radius 1 is 1.32 bits per heavy atom. The second kappa shape index (κ2) is 7.14. The Hall–Kier alpha value is -3.09. The SMILES string of the molecule is CCN(C(=O)N1CC(n2cc(C)c3cc(F)ccc32)C1)c1ccc(OC)nc1. The molecular weight excluding hydrogens is 359 g/mol. The van der Waals surface area contributed by atoms with Crippen LogP contribution in [-0.4, -0.2) is 47.2 Å². The number of ether oxygens (including phenoxy) is 1. The summed E-state index contributed by atoms with van der Waals surface area (Å²) in [6.45, 7) is 5.73. The Morgan fingerprint density at radius 3 is 2.75 bits per heavy atom. The molecule has 0 bridgehead atoms. The van der Waals surface area contributed by atoms with Gasteiger partial charge in [-0.15, -0.1) is 0 Å². The normalized spacial score (nSPS) is 14.2. The van der Waals surface area contributed by atoms with Gasteiger partial charge in [0.2, 0.25) is 5.88 Å². The molecule has 0 radical (unpaired) electrons. The fourth-order valence-electron chi connectivity index (χ4n) is 3.74. The predicted molar refractivity (Wildman–Crippen MR) is 106 cm³/mol. The first kappa shape index (κ1) is 18.3. The van der Waals surface area contributed by atoms with Crippen molar-refractivity contribution in [3.05, 3.63) is 54.1 Å². The van der Waals surface area contributed by atoms with Crippen LogP contribution in [0.15, 0.2) is 42.7 Å². The molecule has 1 aliphatic heterocycles. The summed E-state index contributed by atoms with van der Waals surface area (Å²) in [6, 6.07) is 8.60. The molecule has 0 spiro atoms. The number of aryl methyl sites for hydroxylation is 1. The molecule has 28 heavy (non-hydrogen) atoms. The number of carbonyl (C=O) groups excluding carboxylic acids is 1. The van der Waals surface area contributed by atoms with Crippen LogP contribution in [0.2, 0.25) is 0 Å². The van der Waals surface area contributed by atoms with Gasteiger partial charge in [0.05, 0.1) is 25.0 Å². The molecule has 1 fully saturated rings. The predicted octanol–water partition coefficient (Wildman–Crippen LogP) is 4.00. The first-order valence-electron chi connectivity index (χ1n) is 9.35. The molecular formula is C21H23FN4O2. The standard InChI is InChI=1S/C21H23FN4O2/c1-4-25(16-6-8-20(28-3)23-10-16)21(27)24-12-17(13-24)26-11-14(2)18-9-15(22)5-7-19(18)26/h5-11,17H,4,12-13H2,1-3H3. The number of methoxy groups -OCH3 is 1. The van der Waals surface area contributed by atoms with Gasteiger partial charge < -0.3 is 14.2 Å². The van der Waals surface area contributed by atoms with Crippen LogP contribution in [0, 0.1) is 12.7 Å². The molecule has 7 heteroatoms. The van der Waals surface area contributed by atoms with E-state index in [2.05, 4.69) is 9.55 Å². The lowest BCUT2D eigenvalue weighted by atomic mass is 10.1. The molecule has 6 nitrogen and oxygen atoms in total. The van der Waals surface area contributed by atoms with E-state index >= 15 is 0 Å². The zero-order valence-corrected chi connectivity index (χ0v) is 16.2. The van der Waals surface area contributed by atoms with Gasteiger partial charge in [0.1, 0.15) is 5.82 Å². The van der Waals surface area contributed by atoms with Gasteiger partial charge >= 0.3 is 6.03 Å². The van der Waals surface area contributed by atoms with Gasteiger partial charge in [-0.25, -0.2) is 14.2 Å². The molecule has 146 valence electrons. The highest BCUT2D eigenvalue weighted by molar-refractivity contribution is 5.92. The third kappa shape index (κ3) is 3.06. The summed E-state index contributed by atoms with van der Waals surface area (Å²) in [7, 11) is 1.56. The Morgan fingerprint density at radius 2 is 2.11 bits per heavy atom. The summed E-state index contributed by atoms with van der Waals surface area (Å²) in [5.41, 5.74) is 2.79. The summed E-state index contributed by atoms with van der Waals surface area (Å²) >= 11 is 0. The summed E-state index contributed by atoms with van der Waals surface area (Å²) in [4.78, 5) is 20.7. The average Bonchev–Trinajstić information content (AvgIpc) is 2.97. The molecule has 0 aliphatic carbocycles. The number of nitrogens with zero attached hydrogens (tertiary/aromatic N) is 4. The number of carbonyl (C=O) groups is 1. The van der Waals surface area contributed by atoms with Crippen LogP contribution in [0.4, 0.5) is 14.9 Å². The number of urea groups is 1. The molecule has 0 unspecified atom stereocenters. The maximum atomic E-state index is 13.5. The number of anilines is 1. The second-order valence-corrected chi connectivity index (χ2v) is 7.03. The van der Waals surface area contributed by atoms with Crippen molar-refractivity contribution in [1.29, 1.82) is 0 Å². The Balaban J connectivity index is 1.49. The van der Waals surface area contributed by atoms with E-state index in [1.54, 1.807) is 30.3 Å². The zero-order chi connectivity index (χ0) is 19.8. The minimum Gasteiger partial charge on any atom is -0.481 e. The number of hydrogen-bond donors (Lipinski definition) is 0. The number of rotatable bonds is 4. The van der Waals surface area contributed by atoms with Gasteiger partial charge in [-0.1, -0.05) is 0 Å². The van der Waals surface area contributed by atoms with Crippen molar-refractivity contribution < 1.29 is 13.9 Å². The molecule has 1 saturated heterocycles. The van der Waals surface area contributed by atoms with Crippen molar-refractivity contribution in [2.24, 2.45) is 0 Å². The lowest BCUT2D eigenvalue weighted by molar-refractivity contribution is 0.132. The Labute approximate surface area is 163 Å². The highest BCUT2D eigenvalue weighted by Crippen LogP contribution is 2.31. The third-order valence-electron chi connectivity index (χ3n) is 5.31. The maximum Gasteiger partial charge on any atom is 0.324 e. The van der Waals surface area contributed by atoms with Crippen molar-refractivity contribution >= 4 is 22.6 Å². The first-order valence-corrected chi connectivity index (χ1v) is 9.35. The van der Waals surface area contributed by atoms with Crippen LogP contribution in [0.5, 0.6) is 5.88 Å². The van der Waals surface area contributed by atoms with Gasteiger partial charge in [-0.05, 0) is 43.7 Å². The highest BCUT2D eigenvalue weighted by atomic mass is 19.1. The first-order chi connectivity index (χ1) is 13.5. The monoisotopic (exact) mass is 382 g/mol. The molecule has 4 rings (SSSR count). The van der Waals surface area contributed by atoms with Crippen molar-refractivity contribution in [3.63, 3.8) is 0 Å². The molecule has 2 aromatic heterocycles. The molecule has 0 atom stereocenters. The molecule has 0 N–H and O–H groups in total. The van der Waals surface area contributed by atoms with Gasteiger partial charge in [0.15, 0.2) is 0 Å². The van der Waals surface area contributed by atoms with E-state index in [4.69, 9.17) is 4.74 Å². The van der Waals surface area contributed by atoms with Gasteiger partial charge in [-0.3, -0.25) is 4.90 Å². The fraction of sp³-hybridized carbons (Fsp3) is 0.333. The topological polar surface area (TPSA) is 50.6 Å². The van der Waals surface area contributed by atoms with E-state index in [0.29, 0.717) is 25.5 Å². The van der Waals surface area contributed by atoms with Crippen LogP contribution in [0.1, 0.15) is 18.5 Å². The van der Waals surface area contributed by atoms with E-state index in [9.17, 15) is 9.18 Å². The van der Waals surface area contributed by atoms with Crippen LogP contribution in [0.25, 0.3) is 10.9 Å². The summed E-state index contributed by atoms with van der Waals surface area (Å²) < 4.78 is 20.8. The Kier molecular flexibility index (Phi) is 4.66. The van der Waals surface area contributed by atoms with Crippen LogP contribution >= 0.6 is 0 Å². The van der Waals surface area contributed by atoms with Gasteiger partial charge in [0.25, 0.3) is 0 Å². The van der Waals surface area contributed by atoms with E-state index in [0.717, 1.165) is 22.2 Å². The summed E-state index contributed by atoms with van der Waals surface area (Å²) in [5, 5.41) is 0.921. The Bertz CT molecular complexity index is 1010. The quantitative estimate of drug-likeness (QED) is 0.685. The van der Waals surface area contributed by atoms with Crippen LogP contribution in [-0.2, 0) is 0 Å². The molecule has 3 heterocycles. The zero-order valence-electron chi connectivity index (χ0n) is 16.2. The lowest BCUT2D eigenvalue weighted by Crippen LogP contribution is -2.55. The van der Waals surface area contributed by atoms with Gasteiger partial charge in [0, 0.05) is 42.8 Å². The number of pyridine rings is 1. The second-order valence-electron chi connectivity index (χ2n) is 7.03. The summed E-state index contributed by atoms with van der Waals surface area (Å²) in [6.07, 6.45) is 3.69. The molecule has 0 saturated carbocycles. The summed E-state index contributed by atoms with van der Waals surface area (Å²) in [5.74, 6) is 0.285. The number of likely N-dealkylation sites (tertiary alicyclic amines) is 1. The van der Waals surface area contributed by atoms with Crippen LogP contribution in [0.3, 0.4) is 0 Å². The lowest BCUT2D eigenvalue weighted by Gasteiger charge is -2.42. The third-order valence-corrected chi connectivity index (χ3v) is 5.31. The van der Waals surface area contributed by atoms with E-state index < -0.39 is 0 Å². The highest BCUT2D eigenvalue weighted by Gasteiger charge is 2.35. The van der Waals surface area contributed by atoms with E-state index in [1.807, 2.05) is 37.1 Å². The van der Waals surface area contributed by atoms with E-state index in [-0.39, 0.29) is 17.9 Å². The van der Waals surface area contributed by atoms with Crippen molar-refractivity contribution in [1.82, 2.24) is 14.5 Å². The molecule has 2 amide bonds. The van der Waals surface area contributed by atoms with Crippen molar-refractivity contribution in [3.8, 4) is 5.88 Å². The molecule has 1 aromatic carbocycles. The number of halogens is 1. The van der Waals surface area contributed by atoms with Crippen molar-refractivity contribution in [2.75, 3.05) is 31.6 Å². The molecule has 1 aliphatic rings. The minimum absolute atomic E-state index is 0.0371. The van der Waals surface area contributed by atoms with Crippen molar-refractivity contribution in [2.45, 2.75) is 19.9 Å². The van der Waals surface area contributed by atoms with Gasteiger partial charge in [-0.2, -0.15) is 0 Å². The molecule has 3 aromatic rings. The fourth-order valence-corrected chi connectivity index (χ4v) is 3.74. The van der Waals surface area contributed by atoms with E-state index in [1.165, 1.54) is 6.07 Å². The number of aromatic nitrogens is 2. The number of fused-ring (bicyclic) bond motifs is 1.